The van der Waals surface area contributed by atoms with Gasteiger partial charge in [-0.1, -0.05) is 12.1 Å². The van der Waals surface area contributed by atoms with Gasteiger partial charge in [0.05, 0.1) is 17.7 Å². The average molecular weight is 322 g/mol. The molecule has 0 aliphatic carbocycles. The Morgan fingerprint density at radius 2 is 2.17 bits per heavy atom. The van der Waals surface area contributed by atoms with Crippen LogP contribution in [0.1, 0.15) is 28.8 Å². The summed E-state index contributed by atoms with van der Waals surface area (Å²) in [5.41, 5.74) is 1.59. The second-order valence-electron chi connectivity index (χ2n) is 5.62. The highest BCUT2D eigenvalue weighted by Crippen LogP contribution is 2.18. The standard InChI is InChI=1S/C19H18N2O3/c20-12-14-4-1-6-16(10-14)21-19(22)15-5-2-7-17(11-15)24-13-18-8-3-9-23-18/h1-2,4-7,10-11,18H,3,8-9,13H2,(H,21,22). The van der Waals surface area contributed by atoms with Crippen molar-refractivity contribution in [2.75, 3.05) is 18.5 Å². The molecule has 2 aromatic rings. The lowest BCUT2D eigenvalue weighted by molar-refractivity contribution is 0.0679. The predicted octanol–water partition coefficient (Wildman–Crippen LogP) is 3.37. The third-order valence-electron chi connectivity index (χ3n) is 3.81. The van der Waals surface area contributed by atoms with Crippen LogP contribution in [0.3, 0.4) is 0 Å². The van der Waals surface area contributed by atoms with E-state index < -0.39 is 0 Å². The molecule has 1 aliphatic rings. The fourth-order valence-electron chi connectivity index (χ4n) is 2.56. The van der Waals surface area contributed by atoms with Crippen LogP contribution in [-0.4, -0.2) is 25.2 Å². The number of anilines is 1. The first-order valence-corrected chi connectivity index (χ1v) is 7.90. The van der Waals surface area contributed by atoms with Gasteiger partial charge >= 0.3 is 0 Å². The summed E-state index contributed by atoms with van der Waals surface area (Å²) >= 11 is 0. The molecule has 1 atom stereocenters. The highest BCUT2D eigenvalue weighted by molar-refractivity contribution is 6.04. The second kappa shape index (κ2) is 7.62. The number of nitriles is 1. The quantitative estimate of drug-likeness (QED) is 0.916. The smallest absolute Gasteiger partial charge is 0.255 e. The molecule has 24 heavy (non-hydrogen) atoms. The van der Waals surface area contributed by atoms with Crippen molar-refractivity contribution in [1.29, 1.82) is 5.26 Å². The number of amides is 1. The number of hydrogen-bond acceptors (Lipinski definition) is 4. The Hall–Kier alpha value is -2.84. The molecule has 0 saturated carbocycles. The molecule has 1 heterocycles. The molecule has 0 radical (unpaired) electrons. The molecule has 0 bridgehead atoms. The average Bonchev–Trinajstić information content (AvgIpc) is 3.14. The molecular formula is C19H18N2O3. The minimum atomic E-state index is -0.243. The van der Waals surface area contributed by atoms with Gasteiger partial charge in [-0.2, -0.15) is 5.26 Å². The van der Waals surface area contributed by atoms with Gasteiger partial charge in [-0.15, -0.1) is 0 Å². The Labute approximate surface area is 140 Å². The van der Waals surface area contributed by atoms with E-state index in [0.29, 0.717) is 29.2 Å². The number of hydrogen-bond donors (Lipinski definition) is 1. The van der Waals surface area contributed by atoms with Crippen LogP contribution < -0.4 is 10.1 Å². The van der Waals surface area contributed by atoms with Gasteiger partial charge in [0, 0.05) is 17.9 Å². The van der Waals surface area contributed by atoms with Crippen LogP contribution in [0.4, 0.5) is 5.69 Å². The zero-order valence-corrected chi connectivity index (χ0v) is 13.2. The maximum absolute atomic E-state index is 12.4. The molecule has 1 N–H and O–H groups in total. The summed E-state index contributed by atoms with van der Waals surface area (Å²) in [7, 11) is 0. The molecule has 1 aliphatic heterocycles. The highest BCUT2D eigenvalue weighted by atomic mass is 16.5. The van der Waals surface area contributed by atoms with Crippen LogP contribution in [0.5, 0.6) is 5.75 Å². The number of ether oxygens (including phenoxy) is 2. The number of carbonyl (C=O) groups excluding carboxylic acids is 1. The highest BCUT2D eigenvalue weighted by Gasteiger charge is 2.16. The zero-order valence-electron chi connectivity index (χ0n) is 13.2. The number of carbonyl (C=O) groups is 1. The van der Waals surface area contributed by atoms with Crippen molar-refractivity contribution in [2.24, 2.45) is 0 Å². The van der Waals surface area contributed by atoms with Gasteiger partial charge in [-0.3, -0.25) is 4.79 Å². The Kier molecular flexibility index (Phi) is 5.09. The summed E-state index contributed by atoms with van der Waals surface area (Å²) < 4.78 is 11.2. The topological polar surface area (TPSA) is 71.4 Å². The lowest BCUT2D eigenvalue weighted by atomic mass is 10.1. The van der Waals surface area contributed by atoms with Crippen molar-refractivity contribution in [3.05, 3.63) is 59.7 Å². The molecule has 1 amide bonds. The van der Waals surface area contributed by atoms with Crippen LogP contribution in [0, 0.1) is 11.3 Å². The van der Waals surface area contributed by atoms with E-state index in [4.69, 9.17) is 14.7 Å². The van der Waals surface area contributed by atoms with Gasteiger partial charge < -0.3 is 14.8 Å². The summed E-state index contributed by atoms with van der Waals surface area (Å²) in [6.45, 7) is 1.29. The Bertz CT molecular complexity index is 761. The van der Waals surface area contributed by atoms with Gasteiger partial charge in [-0.05, 0) is 49.2 Å². The third-order valence-corrected chi connectivity index (χ3v) is 3.81. The lowest BCUT2D eigenvalue weighted by Gasteiger charge is -2.12. The number of benzene rings is 2. The molecule has 1 fully saturated rings. The summed E-state index contributed by atoms with van der Waals surface area (Å²) in [4.78, 5) is 12.4. The van der Waals surface area contributed by atoms with E-state index in [1.54, 1.807) is 42.5 Å². The SMILES string of the molecule is N#Cc1cccc(NC(=O)c2cccc(OCC3CCCO3)c2)c1. The first-order valence-electron chi connectivity index (χ1n) is 7.90. The van der Waals surface area contributed by atoms with Gasteiger partial charge in [0.15, 0.2) is 0 Å². The largest absolute Gasteiger partial charge is 0.491 e. The normalized spacial score (nSPS) is 16.4. The van der Waals surface area contributed by atoms with Crippen molar-refractivity contribution in [3.8, 4) is 11.8 Å². The Morgan fingerprint density at radius 1 is 1.29 bits per heavy atom. The van der Waals surface area contributed by atoms with Crippen LogP contribution >= 0.6 is 0 Å². The molecule has 0 aromatic heterocycles. The minimum absolute atomic E-state index is 0.135. The predicted molar refractivity (Wildman–Crippen MR) is 90.0 cm³/mol. The molecule has 1 unspecified atom stereocenters. The maximum atomic E-state index is 12.4. The zero-order chi connectivity index (χ0) is 16.8. The molecule has 122 valence electrons. The fraction of sp³-hybridized carbons (Fsp3) is 0.263. The summed E-state index contributed by atoms with van der Waals surface area (Å²) in [5, 5.41) is 11.7. The molecule has 5 heteroatoms. The van der Waals surface area contributed by atoms with Crippen LogP contribution in [0.15, 0.2) is 48.5 Å². The molecule has 3 rings (SSSR count). The van der Waals surface area contributed by atoms with Gasteiger partial charge in [0.25, 0.3) is 5.91 Å². The summed E-state index contributed by atoms with van der Waals surface area (Å²) in [5.74, 6) is 0.400. The molecule has 1 saturated heterocycles. The monoisotopic (exact) mass is 322 g/mol. The van der Waals surface area contributed by atoms with Crippen molar-refractivity contribution < 1.29 is 14.3 Å². The third kappa shape index (κ3) is 4.12. The molecule has 2 aromatic carbocycles. The van der Waals surface area contributed by atoms with Crippen molar-refractivity contribution in [1.82, 2.24) is 0 Å². The minimum Gasteiger partial charge on any atom is -0.491 e. The number of rotatable bonds is 5. The van der Waals surface area contributed by atoms with E-state index in [-0.39, 0.29) is 12.0 Å². The van der Waals surface area contributed by atoms with Gasteiger partial charge in [0.1, 0.15) is 12.4 Å². The Balaban J connectivity index is 1.64. The summed E-state index contributed by atoms with van der Waals surface area (Å²) in [6, 6.07) is 15.9. The van der Waals surface area contributed by atoms with E-state index in [0.717, 1.165) is 19.4 Å². The second-order valence-corrected chi connectivity index (χ2v) is 5.62. The number of nitrogens with zero attached hydrogens (tertiary/aromatic N) is 1. The van der Waals surface area contributed by atoms with E-state index >= 15 is 0 Å². The first-order chi connectivity index (χ1) is 11.7. The fourth-order valence-corrected chi connectivity index (χ4v) is 2.56. The molecular weight excluding hydrogens is 304 g/mol. The Morgan fingerprint density at radius 3 is 2.96 bits per heavy atom. The first kappa shape index (κ1) is 16.0. The lowest BCUT2D eigenvalue weighted by Crippen LogP contribution is -2.17. The molecule has 0 spiro atoms. The van der Waals surface area contributed by atoms with Gasteiger partial charge in [-0.25, -0.2) is 0 Å². The van der Waals surface area contributed by atoms with Crippen LogP contribution in [-0.2, 0) is 4.74 Å². The summed E-state index contributed by atoms with van der Waals surface area (Å²) in [6.07, 6.45) is 2.21. The van der Waals surface area contributed by atoms with E-state index in [9.17, 15) is 4.79 Å². The van der Waals surface area contributed by atoms with Crippen molar-refractivity contribution in [2.45, 2.75) is 18.9 Å². The maximum Gasteiger partial charge on any atom is 0.255 e. The molecule has 5 nitrogen and oxygen atoms in total. The number of nitrogens with one attached hydrogen (secondary N) is 1. The van der Waals surface area contributed by atoms with Crippen LogP contribution in [0.2, 0.25) is 0 Å². The van der Waals surface area contributed by atoms with Crippen LogP contribution in [0.25, 0.3) is 0 Å². The van der Waals surface area contributed by atoms with Crippen molar-refractivity contribution >= 4 is 11.6 Å². The van der Waals surface area contributed by atoms with Gasteiger partial charge in [0.2, 0.25) is 0 Å². The van der Waals surface area contributed by atoms with E-state index in [1.165, 1.54) is 0 Å². The van der Waals surface area contributed by atoms with E-state index in [1.807, 2.05) is 12.1 Å². The van der Waals surface area contributed by atoms with Crippen molar-refractivity contribution in [3.63, 3.8) is 0 Å². The van der Waals surface area contributed by atoms with E-state index in [2.05, 4.69) is 5.32 Å².